The van der Waals surface area contributed by atoms with Gasteiger partial charge < -0.3 is 14.2 Å². The van der Waals surface area contributed by atoms with Crippen LogP contribution in [0.4, 0.5) is 9.18 Å². The molecule has 1 saturated heterocycles. The first kappa shape index (κ1) is 26.8. The maximum absolute atomic E-state index is 13.1. The molecule has 1 heterocycles. The van der Waals surface area contributed by atoms with Gasteiger partial charge in [0.25, 0.3) is 11.1 Å². The fourth-order valence-corrected chi connectivity index (χ4v) is 5.09. The van der Waals surface area contributed by atoms with Gasteiger partial charge in [-0.25, -0.2) is 4.39 Å². The SMILES string of the molecule is COc1cc(/C=C2\SC(=O)N(CCOc3cc(C)ccc3C)C2=O)cc(Br)c1OCc1ccc(F)cc1. The number of nitrogens with zero attached hydrogens (tertiary/aromatic N) is 1. The van der Waals surface area contributed by atoms with Crippen LogP contribution < -0.4 is 14.2 Å². The Morgan fingerprint density at radius 3 is 2.49 bits per heavy atom. The van der Waals surface area contributed by atoms with E-state index >= 15 is 0 Å². The zero-order valence-electron chi connectivity index (χ0n) is 20.5. The predicted octanol–water partition coefficient (Wildman–Crippen LogP) is 6.91. The molecule has 0 N–H and O–H groups in total. The number of hydrogen-bond acceptors (Lipinski definition) is 6. The first-order valence-electron chi connectivity index (χ1n) is 11.5. The molecule has 0 unspecified atom stereocenters. The van der Waals surface area contributed by atoms with E-state index < -0.39 is 0 Å². The fraction of sp³-hybridized carbons (Fsp3) is 0.214. The van der Waals surface area contributed by atoms with Crippen molar-refractivity contribution in [1.82, 2.24) is 4.90 Å². The topological polar surface area (TPSA) is 65.1 Å². The van der Waals surface area contributed by atoms with Crippen molar-refractivity contribution in [2.75, 3.05) is 20.3 Å². The molecule has 0 saturated carbocycles. The lowest BCUT2D eigenvalue weighted by Crippen LogP contribution is -2.32. The zero-order valence-corrected chi connectivity index (χ0v) is 22.9. The van der Waals surface area contributed by atoms with Crippen LogP contribution in [0.2, 0.25) is 0 Å². The van der Waals surface area contributed by atoms with E-state index in [2.05, 4.69) is 15.9 Å². The summed E-state index contributed by atoms with van der Waals surface area (Å²) in [7, 11) is 1.51. The van der Waals surface area contributed by atoms with Gasteiger partial charge in [0.2, 0.25) is 0 Å². The second-order valence-corrected chi connectivity index (χ2v) is 10.2. The van der Waals surface area contributed by atoms with Crippen LogP contribution in [0.1, 0.15) is 22.3 Å². The summed E-state index contributed by atoms with van der Waals surface area (Å²) < 4.78 is 31.0. The molecule has 3 aromatic rings. The number of carbonyl (C=O) groups excluding carboxylic acids is 2. The Morgan fingerprint density at radius 1 is 1.00 bits per heavy atom. The van der Waals surface area contributed by atoms with E-state index in [1.54, 1.807) is 30.3 Å². The Morgan fingerprint density at radius 2 is 1.76 bits per heavy atom. The number of imide groups is 1. The number of rotatable bonds is 9. The highest BCUT2D eigenvalue weighted by molar-refractivity contribution is 9.10. The molecule has 0 bridgehead atoms. The number of amides is 2. The van der Waals surface area contributed by atoms with Crippen molar-refractivity contribution in [2.45, 2.75) is 20.5 Å². The van der Waals surface area contributed by atoms with Crippen LogP contribution in [0, 0.1) is 19.7 Å². The third-order valence-electron chi connectivity index (χ3n) is 5.64. The molecule has 0 atom stereocenters. The summed E-state index contributed by atoms with van der Waals surface area (Å²) in [5, 5.41) is -0.342. The van der Waals surface area contributed by atoms with Crippen molar-refractivity contribution in [1.29, 1.82) is 0 Å². The van der Waals surface area contributed by atoms with Crippen LogP contribution in [0.5, 0.6) is 17.2 Å². The Bertz CT molecular complexity index is 1360. The first-order valence-corrected chi connectivity index (χ1v) is 13.1. The summed E-state index contributed by atoms with van der Waals surface area (Å²) in [6, 6.07) is 15.4. The molecular formula is C28H25BrFNO5S. The molecule has 0 spiro atoms. The van der Waals surface area contributed by atoms with Crippen LogP contribution in [-0.4, -0.2) is 36.3 Å². The third kappa shape index (κ3) is 6.53. The number of hydrogen-bond donors (Lipinski definition) is 0. The van der Waals surface area contributed by atoms with E-state index in [4.69, 9.17) is 14.2 Å². The number of thioether (sulfide) groups is 1. The van der Waals surface area contributed by atoms with E-state index in [-0.39, 0.29) is 36.7 Å². The molecule has 37 heavy (non-hydrogen) atoms. The van der Waals surface area contributed by atoms with Gasteiger partial charge in [-0.3, -0.25) is 14.5 Å². The molecule has 2 amide bonds. The van der Waals surface area contributed by atoms with Crippen molar-refractivity contribution < 1.29 is 28.2 Å². The minimum atomic E-state index is -0.369. The van der Waals surface area contributed by atoms with Crippen molar-refractivity contribution in [2.24, 2.45) is 0 Å². The molecule has 9 heteroatoms. The predicted molar refractivity (Wildman–Crippen MR) is 146 cm³/mol. The van der Waals surface area contributed by atoms with E-state index in [9.17, 15) is 14.0 Å². The van der Waals surface area contributed by atoms with Crippen molar-refractivity contribution in [3.63, 3.8) is 0 Å². The van der Waals surface area contributed by atoms with Gasteiger partial charge in [-0.05, 0) is 100 Å². The third-order valence-corrected chi connectivity index (χ3v) is 7.13. The number of aryl methyl sites for hydroxylation is 2. The molecule has 0 radical (unpaired) electrons. The van der Waals surface area contributed by atoms with Gasteiger partial charge in [0.05, 0.1) is 23.0 Å². The molecule has 192 valence electrons. The lowest BCUT2D eigenvalue weighted by Gasteiger charge is -2.15. The van der Waals surface area contributed by atoms with E-state index in [0.717, 1.165) is 34.2 Å². The molecule has 6 nitrogen and oxygen atoms in total. The van der Waals surface area contributed by atoms with E-state index in [0.29, 0.717) is 26.4 Å². The maximum Gasteiger partial charge on any atom is 0.293 e. The summed E-state index contributed by atoms with van der Waals surface area (Å²) in [4.78, 5) is 27.0. The quantitative estimate of drug-likeness (QED) is 0.254. The van der Waals surface area contributed by atoms with Gasteiger partial charge in [0.15, 0.2) is 11.5 Å². The van der Waals surface area contributed by atoms with Crippen molar-refractivity contribution in [3.05, 3.63) is 92.0 Å². The molecule has 1 fully saturated rings. The van der Waals surface area contributed by atoms with Gasteiger partial charge in [0, 0.05) is 0 Å². The number of halogens is 2. The molecule has 4 rings (SSSR count). The standard InChI is InChI=1S/C28H25BrFNO5S/c1-17-4-5-18(2)23(12-17)35-11-10-31-27(32)25(37-28(31)33)15-20-13-22(29)26(24(14-20)34-3)36-16-19-6-8-21(30)9-7-19/h4-9,12-15H,10-11,16H2,1-3H3/b25-15-. The normalized spacial score (nSPS) is 14.4. The Labute approximate surface area is 227 Å². The highest BCUT2D eigenvalue weighted by Gasteiger charge is 2.35. The largest absolute Gasteiger partial charge is 0.493 e. The average Bonchev–Trinajstić information content (AvgIpc) is 3.13. The lowest BCUT2D eigenvalue weighted by molar-refractivity contribution is -0.123. The highest BCUT2D eigenvalue weighted by atomic mass is 79.9. The van der Waals surface area contributed by atoms with E-state index in [1.807, 2.05) is 32.0 Å². The summed E-state index contributed by atoms with van der Waals surface area (Å²) in [5.74, 6) is 0.974. The maximum atomic E-state index is 13.1. The summed E-state index contributed by atoms with van der Waals surface area (Å²) in [6.45, 7) is 4.50. The number of benzene rings is 3. The summed E-state index contributed by atoms with van der Waals surface area (Å²) in [5.41, 5.74) is 3.53. The van der Waals surface area contributed by atoms with Gasteiger partial charge in [0.1, 0.15) is 24.8 Å². The Kier molecular flexibility index (Phi) is 8.56. The Balaban J connectivity index is 1.44. The van der Waals surface area contributed by atoms with Gasteiger partial charge in [-0.1, -0.05) is 24.3 Å². The minimum Gasteiger partial charge on any atom is -0.493 e. The van der Waals surface area contributed by atoms with Crippen molar-refractivity contribution >= 4 is 44.9 Å². The molecule has 0 aromatic heterocycles. The van der Waals surface area contributed by atoms with Gasteiger partial charge in [-0.15, -0.1) is 0 Å². The summed E-state index contributed by atoms with van der Waals surface area (Å²) in [6.07, 6.45) is 1.65. The van der Waals surface area contributed by atoms with Gasteiger partial charge >= 0.3 is 0 Å². The van der Waals surface area contributed by atoms with E-state index in [1.165, 1.54) is 24.1 Å². The second-order valence-electron chi connectivity index (χ2n) is 8.40. The number of methoxy groups -OCH3 is 1. The highest BCUT2D eigenvalue weighted by Crippen LogP contribution is 2.39. The van der Waals surface area contributed by atoms with Crippen LogP contribution in [0.3, 0.4) is 0 Å². The number of ether oxygens (including phenoxy) is 3. The lowest BCUT2D eigenvalue weighted by atomic mass is 10.1. The molecule has 1 aliphatic rings. The average molecular weight is 586 g/mol. The second kappa shape index (κ2) is 11.8. The zero-order chi connectivity index (χ0) is 26.5. The van der Waals surface area contributed by atoms with Crippen LogP contribution >= 0.6 is 27.7 Å². The van der Waals surface area contributed by atoms with Crippen LogP contribution in [-0.2, 0) is 11.4 Å². The molecule has 3 aromatic carbocycles. The minimum absolute atomic E-state index is 0.151. The van der Waals surface area contributed by atoms with Gasteiger partial charge in [-0.2, -0.15) is 0 Å². The smallest absolute Gasteiger partial charge is 0.293 e. The number of carbonyl (C=O) groups is 2. The first-order chi connectivity index (χ1) is 17.7. The molecule has 1 aliphatic heterocycles. The van der Waals surface area contributed by atoms with Crippen LogP contribution in [0.25, 0.3) is 6.08 Å². The van der Waals surface area contributed by atoms with Crippen LogP contribution in [0.15, 0.2) is 64.0 Å². The Hall–Kier alpha value is -3.30. The molecular weight excluding hydrogens is 561 g/mol. The monoisotopic (exact) mass is 585 g/mol. The summed E-state index contributed by atoms with van der Waals surface area (Å²) >= 11 is 4.39. The van der Waals surface area contributed by atoms with Crippen molar-refractivity contribution in [3.8, 4) is 17.2 Å². The molecule has 0 aliphatic carbocycles. The fourth-order valence-electron chi connectivity index (χ4n) is 3.65.